The second-order valence-electron chi connectivity index (χ2n) is 5.97. The first-order valence-electron chi connectivity index (χ1n) is 7.62. The third kappa shape index (κ3) is 3.69. The molecule has 1 N–H and O–H groups in total. The van der Waals surface area contributed by atoms with Gasteiger partial charge in [-0.1, -0.05) is 26.2 Å². The van der Waals surface area contributed by atoms with Crippen molar-refractivity contribution in [2.75, 3.05) is 13.7 Å². The van der Waals surface area contributed by atoms with E-state index in [1.807, 2.05) is 0 Å². The standard InChI is InChI=1S/C15H29NO/c1-3-12-6-4-7-13(10-12)15(16-2)11-14-8-5-9-17-14/h12-16H,3-11H2,1-2H3. The molecule has 0 spiro atoms. The summed E-state index contributed by atoms with van der Waals surface area (Å²) in [6.45, 7) is 3.34. The molecule has 0 aromatic carbocycles. The van der Waals surface area contributed by atoms with Gasteiger partial charge in [-0.15, -0.1) is 0 Å². The van der Waals surface area contributed by atoms with E-state index in [4.69, 9.17) is 4.74 Å². The Hall–Kier alpha value is -0.0800. The van der Waals surface area contributed by atoms with Gasteiger partial charge in [-0.05, 0) is 51.0 Å². The molecule has 1 saturated carbocycles. The number of rotatable bonds is 5. The zero-order valence-corrected chi connectivity index (χ0v) is 11.6. The summed E-state index contributed by atoms with van der Waals surface area (Å²) in [5.41, 5.74) is 0. The van der Waals surface area contributed by atoms with Gasteiger partial charge in [0.15, 0.2) is 0 Å². The zero-order valence-electron chi connectivity index (χ0n) is 11.6. The van der Waals surface area contributed by atoms with Crippen LogP contribution in [0.4, 0.5) is 0 Å². The Bertz CT molecular complexity index is 213. The van der Waals surface area contributed by atoms with Crippen LogP contribution < -0.4 is 5.32 Å². The van der Waals surface area contributed by atoms with Crippen molar-refractivity contribution in [3.63, 3.8) is 0 Å². The van der Waals surface area contributed by atoms with E-state index in [0.717, 1.165) is 18.4 Å². The highest BCUT2D eigenvalue weighted by Gasteiger charge is 2.29. The lowest BCUT2D eigenvalue weighted by Gasteiger charge is -2.35. The molecule has 4 unspecified atom stereocenters. The fraction of sp³-hybridized carbons (Fsp3) is 1.00. The quantitative estimate of drug-likeness (QED) is 0.794. The highest BCUT2D eigenvalue weighted by atomic mass is 16.5. The summed E-state index contributed by atoms with van der Waals surface area (Å²) >= 11 is 0. The number of ether oxygens (including phenoxy) is 1. The van der Waals surface area contributed by atoms with E-state index in [2.05, 4.69) is 19.3 Å². The van der Waals surface area contributed by atoms with E-state index in [9.17, 15) is 0 Å². The summed E-state index contributed by atoms with van der Waals surface area (Å²) < 4.78 is 5.79. The molecule has 100 valence electrons. The normalized spacial score (nSPS) is 36.0. The Morgan fingerprint density at radius 2 is 2.12 bits per heavy atom. The summed E-state index contributed by atoms with van der Waals surface area (Å²) in [5, 5.41) is 3.56. The molecular formula is C15H29NO. The molecule has 0 aromatic heterocycles. The second kappa shape index (κ2) is 6.75. The number of hydrogen-bond acceptors (Lipinski definition) is 2. The molecule has 4 atom stereocenters. The highest BCUT2D eigenvalue weighted by Crippen LogP contribution is 2.34. The molecule has 0 bridgehead atoms. The predicted octanol–water partition coefficient (Wildman–Crippen LogP) is 3.36. The zero-order chi connectivity index (χ0) is 12.1. The van der Waals surface area contributed by atoms with Crippen molar-refractivity contribution < 1.29 is 4.74 Å². The molecule has 1 heterocycles. The molecule has 0 radical (unpaired) electrons. The van der Waals surface area contributed by atoms with Crippen molar-refractivity contribution >= 4 is 0 Å². The van der Waals surface area contributed by atoms with E-state index >= 15 is 0 Å². The van der Waals surface area contributed by atoms with Gasteiger partial charge < -0.3 is 10.1 Å². The molecule has 1 aliphatic heterocycles. The smallest absolute Gasteiger partial charge is 0.0590 e. The van der Waals surface area contributed by atoms with Gasteiger partial charge in [0, 0.05) is 12.6 Å². The molecule has 0 aromatic rings. The van der Waals surface area contributed by atoms with Crippen LogP contribution >= 0.6 is 0 Å². The summed E-state index contributed by atoms with van der Waals surface area (Å²) in [7, 11) is 2.13. The summed E-state index contributed by atoms with van der Waals surface area (Å²) in [5.74, 6) is 1.87. The Labute approximate surface area is 107 Å². The minimum Gasteiger partial charge on any atom is -0.378 e. The van der Waals surface area contributed by atoms with Crippen molar-refractivity contribution in [1.82, 2.24) is 5.32 Å². The van der Waals surface area contributed by atoms with Crippen LogP contribution in [0.15, 0.2) is 0 Å². The Kier molecular flexibility index (Phi) is 5.30. The largest absolute Gasteiger partial charge is 0.378 e. The van der Waals surface area contributed by atoms with Gasteiger partial charge >= 0.3 is 0 Å². The molecule has 17 heavy (non-hydrogen) atoms. The summed E-state index contributed by atoms with van der Waals surface area (Å²) in [6.07, 6.45) is 11.4. The molecule has 1 aliphatic carbocycles. The van der Waals surface area contributed by atoms with Crippen molar-refractivity contribution in [1.29, 1.82) is 0 Å². The van der Waals surface area contributed by atoms with Crippen molar-refractivity contribution in [2.24, 2.45) is 11.8 Å². The van der Waals surface area contributed by atoms with Gasteiger partial charge in [0.25, 0.3) is 0 Å². The molecule has 2 rings (SSSR count). The Morgan fingerprint density at radius 1 is 1.24 bits per heavy atom. The van der Waals surface area contributed by atoms with E-state index in [1.165, 1.54) is 51.4 Å². The molecule has 2 aliphatic rings. The van der Waals surface area contributed by atoms with Gasteiger partial charge in [-0.3, -0.25) is 0 Å². The fourth-order valence-corrected chi connectivity index (χ4v) is 3.73. The van der Waals surface area contributed by atoms with E-state index < -0.39 is 0 Å². The van der Waals surface area contributed by atoms with Crippen LogP contribution in [0.5, 0.6) is 0 Å². The molecule has 2 fully saturated rings. The maximum atomic E-state index is 5.79. The van der Waals surface area contributed by atoms with E-state index in [-0.39, 0.29) is 0 Å². The first-order valence-corrected chi connectivity index (χ1v) is 7.62. The number of nitrogens with one attached hydrogen (secondary N) is 1. The summed E-state index contributed by atoms with van der Waals surface area (Å²) in [4.78, 5) is 0. The van der Waals surface area contributed by atoms with Crippen LogP contribution in [0.3, 0.4) is 0 Å². The predicted molar refractivity (Wildman–Crippen MR) is 72.2 cm³/mol. The first-order chi connectivity index (χ1) is 8.33. The molecule has 1 saturated heterocycles. The van der Waals surface area contributed by atoms with Gasteiger partial charge in [0.2, 0.25) is 0 Å². The van der Waals surface area contributed by atoms with Gasteiger partial charge in [0.05, 0.1) is 6.10 Å². The van der Waals surface area contributed by atoms with Crippen LogP contribution in [0.2, 0.25) is 0 Å². The minimum atomic E-state index is 0.537. The van der Waals surface area contributed by atoms with Crippen molar-refractivity contribution in [3.8, 4) is 0 Å². The molecule has 0 amide bonds. The van der Waals surface area contributed by atoms with Crippen LogP contribution in [0, 0.1) is 11.8 Å². The topological polar surface area (TPSA) is 21.3 Å². The monoisotopic (exact) mass is 239 g/mol. The molecule has 2 nitrogen and oxygen atoms in total. The highest BCUT2D eigenvalue weighted by molar-refractivity contribution is 4.84. The lowest BCUT2D eigenvalue weighted by molar-refractivity contribution is 0.0803. The molecule has 2 heteroatoms. The van der Waals surface area contributed by atoms with Crippen LogP contribution in [-0.4, -0.2) is 25.8 Å². The van der Waals surface area contributed by atoms with Gasteiger partial charge in [-0.2, -0.15) is 0 Å². The van der Waals surface area contributed by atoms with E-state index in [0.29, 0.717) is 12.1 Å². The van der Waals surface area contributed by atoms with E-state index in [1.54, 1.807) is 0 Å². The summed E-state index contributed by atoms with van der Waals surface area (Å²) in [6, 6.07) is 0.687. The lowest BCUT2D eigenvalue weighted by Crippen LogP contribution is -2.39. The third-order valence-electron chi connectivity index (χ3n) is 4.88. The maximum Gasteiger partial charge on any atom is 0.0590 e. The lowest BCUT2D eigenvalue weighted by atomic mass is 9.75. The third-order valence-corrected chi connectivity index (χ3v) is 4.88. The van der Waals surface area contributed by atoms with Crippen molar-refractivity contribution in [2.45, 2.75) is 70.4 Å². The minimum absolute atomic E-state index is 0.537. The first kappa shape index (κ1) is 13.4. The Balaban J connectivity index is 1.83. The second-order valence-corrected chi connectivity index (χ2v) is 5.97. The maximum absolute atomic E-state index is 5.79. The molecular weight excluding hydrogens is 210 g/mol. The van der Waals surface area contributed by atoms with Crippen molar-refractivity contribution in [3.05, 3.63) is 0 Å². The average molecular weight is 239 g/mol. The van der Waals surface area contributed by atoms with Gasteiger partial charge in [-0.25, -0.2) is 0 Å². The van der Waals surface area contributed by atoms with Crippen LogP contribution in [0.25, 0.3) is 0 Å². The van der Waals surface area contributed by atoms with Crippen LogP contribution in [-0.2, 0) is 4.74 Å². The Morgan fingerprint density at radius 3 is 2.76 bits per heavy atom. The fourth-order valence-electron chi connectivity index (χ4n) is 3.73. The van der Waals surface area contributed by atoms with Gasteiger partial charge in [0.1, 0.15) is 0 Å². The average Bonchev–Trinajstić information content (AvgIpc) is 2.89. The number of hydrogen-bond donors (Lipinski definition) is 1. The van der Waals surface area contributed by atoms with Crippen LogP contribution in [0.1, 0.15) is 58.3 Å². The SMILES string of the molecule is CCC1CCCC(C(CC2CCCO2)NC)C1.